The summed E-state index contributed by atoms with van der Waals surface area (Å²) in [6.07, 6.45) is 14.1. The highest BCUT2D eigenvalue weighted by Gasteiger charge is 2.35. The summed E-state index contributed by atoms with van der Waals surface area (Å²) in [5, 5.41) is 3.88. The van der Waals surface area contributed by atoms with Crippen LogP contribution in [0.4, 0.5) is 0 Å². The van der Waals surface area contributed by atoms with E-state index in [9.17, 15) is 0 Å². The highest BCUT2D eigenvalue weighted by Crippen LogP contribution is 2.33. The molecule has 1 saturated carbocycles. The first-order chi connectivity index (χ1) is 10.3. The summed E-state index contributed by atoms with van der Waals surface area (Å²) in [5.41, 5.74) is 0. The predicted molar refractivity (Wildman–Crippen MR) is 92.8 cm³/mol. The topological polar surface area (TPSA) is 15.3 Å². The van der Waals surface area contributed by atoms with E-state index < -0.39 is 0 Å². The first-order valence-electron chi connectivity index (χ1n) is 9.75. The second-order valence-electron chi connectivity index (χ2n) is 7.53. The van der Waals surface area contributed by atoms with Crippen LogP contribution in [0.1, 0.15) is 85.0 Å². The summed E-state index contributed by atoms with van der Waals surface area (Å²) < 4.78 is 0. The van der Waals surface area contributed by atoms with E-state index >= 15 is 0 Å². The summed E-state index contributed by atoms with van der Waals surface area (Å²) in [4.78, 5) is 2.89. The van der Waals surface area contributed by atoms with Crippen LogP contribution < -0.4 is 5.32 Å². The van der Waals surface area contributed by atoms with Crippen LogP contribution in [0.15, 0.2) is 0 Å². The van der Waals surface area contributed by atoms with E-state index in [-0.39, 0.29) is 0 Å². The van der Waals surface area contributed by atoms with E-state index in [0.29, 0.717) is 0 Å². The summed E-state index contributed by atoms with van der Waals surface area (Å²) in [7, 11) is 0. The molecular weight excluding hydrogens is 256 g/mol. The van der Waals surface area contributed by atoms with Gasteiger partial charge in [0.15, 0.2) is 0 Å². The Morgan fingerprint density at radius 1 is 1.00 bits per heavy atom. The molecule has 4 atom stereocenters. The van der Waals surface area contributed by atoms with Gasteiger partial charge in [-0.25, -0.2) is 0 Å². The van der Waals surface area contributed by atoms with Crippen LogP contribution in [-0.2, 0) is 0 Å². The van der Waals surface area contributed by atoms with Crippen LogP contribution >= 0.6 is 0 Å². The number of likely N-dealkylation sites (tertiary alicyclic amines) is 1. The van der Waals surface area contributed by atoms with Crippen molar-refractivity contribution in [2.45, 2.75) is 103 Å². The summed E-state index contributed by atoms with van der Waals surface area (Å²) in [6.45, 7) is 9.66. The van der Waals surface area contributed by atoms with Crippen molar-refractivity contribution in [3.63, 3.8) is 0 Å². The SMILES string of the molecule is CCCNC1CCC(CCC)CC1N1CCCCCC1C. The van der Waals surface area contributed by atoms with Gasteiger partial charge in [-0.3, -0.25) is 4.90 Å². The molecule has 0 aromatic carbocycles. The number of nitrogens with one attached hydrogen (secondary N) is 1. The van der Waals surface area contributed by atoms with Crippen molar-refractivity contribution in [1.29, 1.82) is 0 Å². The van der Waals surface area contributed by atoms with Gasteiger partial charge in [0, 0.05) is 18.1 Å². The third kappa shape index (κ3) is 4.96. The average Bonchev–Trinajstić information content (AvgIpc) is 2.71. The minimum absolute atomic E-state index is 0.749. The lowest BCUT2D eigenvalue weighted by Crippen LogP contribution is -2.55. The van der Waals surface area contributed by atoms with Gasteiger partial charge in [0.2, 0.25) is 0 Å². The Balaban J connectivity index is 2.03. The average molecular weight is 295 g/mol. The lowest BCUT2D eigenvalue weighted by atomic mass is 9.79. The zero-order valence-electron chi connectivity index (χ0n) is 14.7. The predicted octanol–water partition coefficient (Wildman–Crippen LogP) is 4.59. The Morgan fingerprint density at radius 2 is 1.86 bits per heavy atom. The van der Waals surface area contributed by atoms with Crippen molar-refractivity contribution in [2.24, 2.45) is 5.92 Å². The lowest BCUT2D eigenvalue weighted by molar-refractivity contribution is 0.0656. The van der Waals surface area contributed by atoms with E-state index in [1.54, 1.807) is 0 Å². The maximum absolute atomic E-state index is 3.88. The van der Waals surface area contributed by atoms with Gasteiger partial charge in [-0.2, -0.15) is 0 Å². The molecule has 1 aliphatic heterocycles. The molecule has 2 nitrogen and oxygen atoms in total. The van der Waals surface area contributed by atoms with Gasteiger partial charge in [-0.15, -0.1) is 0 Å². The molecule has 1 saturated heterocycles. The molecule has 1 heterocycles. The van der Waals surface area contributed by atoms with Gasteiger partial charge < -0.3 is 5.32 Å². The molecule has 0 bridgehead atoms. The standard InChI is InChI=1S/C19H38N2/c1-4-9-17-11-12-18(20-13-5-2)19(15-17)21-14-8-6-7-10-16(21)3/h16-20H,4-15H2,1-3H3. The van der Waals surface area contributed by atoms with E-state index in [1.807, 2.05) is 0 Å². The molecule has 21 heavy (non-hydrogen) atoms. The third-order valence-electron chi connectivity index (χ3n) is 5.81. The number of hydrogen-bond acceptors (Lipinski definition) is 2. The molecule has 0 aromatic rings. The third-order valence-corrected chi connectivity index (χ3v) is 5.81. The summed E-state index contributed by atoms with van der Waals surface area (Å²) in [5.74, 6) is 0.982. The second-order valence-corrected chi connectivity index (χ2v) is 7.53. The van der Waals surface area contributed by atoms with E-state index in [2.05, 4.69) is 31.0 Å². The Hall–Kier alpha value is -0.0800. The van der Waals surface area contributed by atoms with Gasteiger partial charge in [0.25, 0.3) is 0 Å². The lowest BCUT2D eigenvalue weighted by Gasteiger charge is -2.45. The van der Waals surface area contributed by atoms with Crippen LogP contribution in [0.3, 0.4) is 0 Å². The summed E-state index contributed by atoms with van der Waals surface area (Å²) in [6, 6.07) is 2.34. The highest BCUT2D eigenvalue weighted by atomic mass is 15.2. The molecule has 0 spiro atoms. The van der Waals surface area contributed by atoms with E-state index in [0.717, 1.165) is 24.0 Å². The second kappa shape index (κ2) is 9.15. The highest BCUT2D eigenvalue weighted by molar-refractivity contribution is 4.93. The normalized spacial score (nSPS) is 35.6. The van der Waals surface area contributed by atoms with Gasteiger partial charge in [-0.1, -0.05) is 39.5 Å². The minimum atomic E-state index is 0.749. The van der Waals surface area contributed by atoms with Crippen molar-refractivity contribution >= 4 is 0 Å². The maximum atomic E-state index is 3.88. The van der Waals surface area contributed by atoms with Crippen molar-refractivity contribution in [3.8, 4) is 0 Å². The molecule has 1 N–H and O–H groups in total. The van der Waals surface area contributed by atoms with Crippen LogP contribution in [0, 0.1) is 5.92 Å². The van der Waals surface area contributed by atoms with Crippen molar-refractivity contribution in [2.75, 3.05) is 13.1 Å². The zero-order valence-corrected chi connectivity index (χ0v) is 14.7. The monoisotopic (exact) mass is 294 g/mol. The van der Waals surface area contributed by atoms with Crippen LogP contribution in [0.5, 0.6) is 0 Å². The van der Waals surface area contributed by atoms with Crippen molar-refractivity contribution in [3.05, 3.63) is 0 Å². The van der Waals surface area contributed by atoms with Gasteiger partial charge >= 0.3 is 0 Å². The molecule has 0 aromatic heterocycles. The maximum Gasteiger partial charge on any atom is 0.0254 e. The quantitative estimate of drug-likeness (QED) is 0.771. The molecule has 1 aliphatic carbocycles. The fourth-order valence-corrected chi connectivity index (χ4v) is 4.63. The van der Waals surface area contributed by atoms with E-state index in [4.69, 9.17) is 0 Å². The zero-order chi connectivity index (χ0) is 15.1. The number of hydrogen-bond donors (Lipinski definition) is 1. The molecule has 2 fully saturated rings. The number of rotatable bonds is 6. The minimum Gasteiger partial charge on any atom is -0.312 e. The fourth-order valence-electron chi connectivity index (χ4n) is 4.63. The van der Waals surface area contributed by atoms with Gasteiger partial charge in [0.1, 0.15) is 0 Å². The molecule has 0 radical (unpaired) electrons. The molecular formula is C19H38N2. The Labute approximate surface area is 133 Å². The van der Waals surface area contributed by atoms with Crippen LogP contribution in [0.2, 0.25) is 0 Å². The van der Waals surface area contributed by atoms with Gasteiger partial charge in [-0.05, 0) is 64.5 Å². The smallest absolute Gasteiger partial charge is 0.0254 e. The first-order valence-corrected chi connectivity index (χ1v) is 9.75. The molecule has 2 rings (SSSR count). The Morgan fingerprint density at radius 3 is 2.62 bits per heavy atom. The van der Waals surface area contributed by atoms with Crippen molar-refractivity contribution < 1.29 is 0 Å². The largest absolute Gasteiger partial charge is 0.312 e. The summed E-state index contributed by atoms with van der Waals surface area (Å²) >= 11 is 0. The number of nitrogens with zero attached hydrogens (tertiary/aromatic N) is 1. The molecule has 2 heteroatoms. The van der Waals surface area contributed by atoms with Crippen LogP contribution in [0.25, 0.3) is 0 Å². The molecule has 0 amide bonds. The molecule has 4 unspecified atom stereocenters. The molecule has 124 valence electrons. The fraction of sp³-hybridized carbons (Fsp3) is 1.00. The molecule has 2 aliphatic rings. The first kappa shape index (κ1) is 17.3. The van der Waals surface area contributed by atoms with Crippen LogP contribution in [-0.4, -0.2) is 36.1 Å². The van der Waals surface area contributed by atoms with E-state index in [1.165, 1.54) is 77.3 Å². The Bertz CT molecular complexity index is 279. The van der Waals surface area contributed by atoms with Crippen molar-refractivity contribution in [1.82, 2.24) is 10.2 Å². The Kier molecular flexibility index (Phi) is 7.53. The van der Waals surface area contributed by atoms with Gasteiger partial charge in [0.05, 0.1) is 0 Å².